The zero-order chi connectivity index (χ0) is 8.55. The normalized spacial score (nSPS) is 9.69. The molecule has 2 nitrogen and oxygen atoms in total. The average Bonchev–Trinajstić information content (AvgIpc) is 2.07. The molecule has 0 bridgehead atoms. The molecule has 0 radical (unpaired) electrons. The fourth-order valence-electron chi connectivity index (χ4n) is 1.02. The van der Waals surface area contributed by atoms with Crippen LogP contribution in [0.2, 0.25) is 5.02 Å². The second kappa shape index (κ2) is 4.74. The van der Waals surface area contributed by atoms with Crippen LogP contribution in [0.5, 0.6) is 0 Å². The van der Waals surface area contributed by atoms with Gasteiger partial charge >= 0.3 is 112 Å². The van der Waals surface area contributed by atoms with Crippen molar-refractivity contribution in [1.29, 1.82) is 0 Å². The van der Waals surface area contributed by atoms with Gasteiger partial charge in [-0.05, 0) is 0 Å². The van der Waals surface area contributed by atoms with Crippen molar-refractivity contribution in [3.63, 3.8) is 0 Å². The van der Waals surface area contributed by atoms with Crippen LogP contribution in [0.4, 0.5) is 0 Å². The molecule has 0 fully saturated rings. The van der Waals surface area contributed by atoms with E-state index < -0.39 is 0 Å². The van der Waals surface area contributed by atoms with E-state index in [1.807, 2.05) is 18.2 Å². The van der Waals surface area contributed by atoms with Crippen LogP contribution in [-0.2, 0) is 0 Å². The minimum absolute atomic E-state index is 0. The molecule has 2 aromatic rings. The second-order valence-electron chi connectivity index (χ2n) is 2.36. The summed E-state index contributed by atoms with van der Waals surface area (Å²) in [7, 11) is 0. The molecule has 0 amide bonds. The van der Waals surface area contributed by atoms with E-state index in [-0.39, 0.29) is 29.6 Å². The van der Waals surface area contributed by atoms with Crippen molar-refractivity contribution in [2.75, 3.05) is 0 Å². The minimum atomic E-state index is 0. The van der Waals surface area contributed by atoms with E-state index in [0.29, 0.717) is 5.02 Å². The van der Waals surface area contributed by atoms with Crippen LogP contribution in [0, 0.1) is 0 Å². The zero-order valence-corrected chi connectivity index (χ0v) is 8.66. The average molecular weight is 268 g/mol. The Morgan fingerprint density at radius 3 is 2.77 bits per heavy atom. The Labute approximate surface area is 111 Å². The first-order chi connectivity index (χ1) is 5.77. The van der Waals surface area contributed by atoms with Crippen LogP contribution in [0.15, 0.2) is 24.5 Å². The van der Waals surface area contributed by atoms with Gasteiger partial charge in [-0.3, -0.25) is 0 Å². The zero-order valence-electron chi connectivity index (χ0n) is 6.03. The van der Waals surface area contributed by atoms with Gasteiger partial charge in [-0.2, -0.15) is 0 Å². The van der Waals surface area contributed by atoms with Gasteiger partial charge in [0.1, 0.15) is 0 Å². The maximum absolute atomic E-state index is 5.83. The Morgan fingerprint density at radius 2 is 2.00 bits per heavy atom. The number of nitrogens with zero attached hydrogens (tertiary/aromatic N) is 2. The van der Waals surface area contributed by atoms with E-state index in [2.05, 4.69) is 26.0 Å². The summed E-state index contributed by atoms with van der Waals surface area (Å²) in [5.41, 5.74) is 0.921. The molecule has 0 aliphatic rings. The van der Waals surface area contributed by atoms with E-state index in [1.165, 1.54) is 0 Å². The van der Waals surface area contributed by atoms with E-state index in [4.69, 9.17) is 11.6 Å². The molecule has 0 atom stereocenters. The standard InChI is InChI=1S/C8H5ClN2Se.Na.H/c9-5-1-2-7-6(3-5)8(12)11-4-10-7;;/h1-4H,(H,10,11,12);;. The van der Waals surface area contributed by atoms with Gasteiger partial charge in [-0.1, -0.05) is 0 Å². The number of fused-ring (bicyclic) bond motifs is 1. The van der Waals surface area contributed by atoms with Gasteiger partial charge in [0.15, 0.2) is 0 Å². The summed E-state index contributed by atoms with van der Waals surface area (Å²) in [6.45, 7) is 0. The molecule has 62 valence electrons. The first kappa shape index (κ1) is 11.4. The number of hydrogen-bond acceptors (Lipinski definition) is 2. The second-order valence-corrected chi connectivity index (χ2v) is 3.68. The Morgan fingerprint density at radius 1 is 1.23 bits per heavy atom. The van der Waals surface area contributed by atoms with E-state index in [9.17, 15) is 0 Å². The summed E-state index contributed by atoms with van der Waals surface area (Å²) in [6.07, 6.45) is 1.55. The third-order valence-electron chi connectivity index (χ3n) is 1.58. The number of halogens is 1. The van der Waals surface area contributed by atoms with Crippen molar-refractivity contribution in [2.45, 2.75) is 0 Å². The van der Waals surface area contributed by atoms with Crippen molar-refractivity contribution < 1.29 is 0 Å². The van der Waals surface area contributed by atoms with Crippen molar-refractivity contribution in [3.8, 4) is 0 Å². The molecule has 13 heavy (non-hydrogen) atoms. The monoisotopic (exact) mass is 268 g/mol. The molecule has 0 saturated carbocycles. The Kier molecular flexibility index (Phi) is 4.17. The molecule has 0 N–H and O–H groups in total. The molecule has 5 heteroatoms. The topological polar surface area (TPSA) is 25.8 Å². The van der Waals surface area contributed by atoms with Crippen LogP contribution in [0.1, 0.15) is 0 Å². The summed E-state index contributed by atoms with van der Waals surface area (Å²) in [5.74, 6) is 0. The molecule has 1 aromatic heterocycles. The van der Waals surface area contributed by atoms with Gasteiger partial charge in [0.05, 0.1) is 0 Å². The van der Waals surface area contributed by atoms with Crippen molar-refractivity contribution in [2.24, 2.45) is 0 Å². The summed E-state index contributed by atoms with van der Waals surface area (Å²) in [5, 5.41) is 1.70. The Bertz CT molecular complexity index is 435. The van der Waals surface area contributed by atoms with Gasteiger partial charge in [0.25, 0.3) is 0 Å². The van der Waals surface area contributed by atoms with Gasteiger partial charge in [0.2, 0.25) is 0 Å². The number of hydrogen-bond donors (Lipinski definition) is 0. The predicted octanol–water partition coefficient (Wildman–Crippen LogP) is 0.161. The number of benzene rings is 1. The van der Waals surface area contributed by atoms with Crippen LogP contribution in [0.25, 0.3) is 10.9 Å². The van der Waals surface area contributed by atoms with E-state index in [1.54, 1.807) is 6.33 Å². The molecular formula is C8H6ClN2NaSe. The van der Waals surface area contributed by atoms with Gasteiger partial charge in [0, 0.05) is 0 Å². The fraction of sp³-hybridized carbons (Fsp3) is 0. The predicted molar refractivity (Wildman–Crippen MR) is 58.5 cm³/mol. The molecule has 1 heterocycles. The molecule has 0 spiro atoms. The third-order valence-corrected chi connectivity index (χ3v) is 2.56. The third kappa shape index (κ3) is 2.44. The van der Waals surface area contributed by atoms with Crippen molar-refractivity contribution in [1.82, 2.24) is 9.97 Å². The molecule has 0 aliphatic carbocycles. The summed E-state index contributed by atoms with van der Waals surface area (Å²) < 4.78 is 0.898. The summed E-state index contributed by atoms with van der Waals surface area (Å²) >= 11 is 8.23. The van der Waals surface area contributed by atoms with Crippen LogP contribution in [-0.4, -0.2) is 55.5 Å². The molecule has 2 rings (SSSR count). The van der Waals surface area contributed by atoms with E-state index >= 15 is 0 Å². The van der Waals surface area contributed by atoms with Crippen molar-refractivity contribution >= 4 is 72.7 Å². The number of rotatable bonds is 0. The first-order valence-corrected chi connectivity index (χ1v) is 4.68. The van der Waals surface area contributed by atoms with Crippen molar-refractivity contribution in [3.05, 3.63) is 29.5 Å². The Balaban J connectivity index is 0.000000845. The SMILES string of the molecule is Clc1ccc2ncnc([SeH])c2c1.[NaH]. The van der Waals surface area contributed by atoms with Crippen LogP contribution < -0.4 is 4.59 Å². The Hall–Kier alpha value is 0.369. The molecule has 0 aliphatic heterocycles. The first-order valence-electron chi connectivity index (χ1n) is 3.36. The summed E-state index contributed by atoms with van der Waals surface area (Å²) in [4.78, 5) is 8.15. The van der Waals surface area contributed by atoms with E-state index in [0.717, 1.165) is 15.5 Å². The molecule has 0 unspecified atom stereocenters. The maximum atomic E-state index is 5.83. The van der Waals surface area contributed by atoms with Crippen LogP contribution >= 0.6 is 11.6 Å². The molecular weight excluding hydrogens is 262 g/mol. The summed E-state index contributed by atoms with van der Waals surface area (Å²) in [6, 6.07) is 5.57. The molecule has 0 saturated heterocycles. The quantitative estimate of drug-likeness (QED) is 0.636. The fourth-order valence-corrected chi connectivity index (χ4v) is 1.67. The number of aromatic nitrogens is 2. The van der Waals surface area contributed by atoms with Crippen LogP contribution in [0.3, 0.4) is 0 Å². The van der Waals surface area contributed by atoms with Gasteiger partial charge in [-0.25, -0.2) is 0 Å². The van der Waals surface area contributed by atoms with Gasteiger partial charge < -0.3 is 0 Å². The molecule has 1 aromatic carbocycles. The van der Waals surface area contributed by atoms with Gasteiger partial charge in [-0.15, -0.1) is 0 Å².